The number of hydrogen-bond acceptors (Lipinski definition) is 8. The first kappa shape index (κ1) is 24.2. The molecule has 1 rings (SSSR count). The molecule has 1 aliphatic heterocycles. The van der Waals surface area contributed by atoms with Gasteiger partial charge in [-0.25, -0.2) is 14.5 Å². The molecule has 162 valence electrons. The Balaban J connectivity index is 3.04. The molecule has 2 amide bonds. The van der Waals surface area contributed by atoms with Gasteiger partial charge in [0.25, 0.3) is 0 Å². The van der Waals surface area contributed by atoms with E-state index in [9.17, 15) is 19.5 Å². The van der Waals surface area contributed by atoms with E-state index in [-0.39, 0.29) is 18.9 Å². The number of amides is 2. The second-order valence-electron chi connectivity index (χ2n) is 8.97. The number of rotatable bonds is 5. The fourth-order valence-electron chi connectivity index (χ4n) is 2.84. The van der Waals surface area contributed by atoms with Crippen LogP contribution in [0.25, 0.3) is 0 Å². The van der Waals surface area contributed by atoms with Crippen LogP contribution in [0.5, 0.6) is 0 Å². The molecule has 0 saturated carbocycles. The summed E-state index contributed by atoms with van der Waals surface area (Å²) in [6, 6.07) is 0. The van der Waals surface area contributed by atoms with Crippen LogP contribution in [0.2, 0.25) is 0 Å². The molecule has 0 bridgehead atoms. The van der Waals surface area contributed by atoms with Gasteiger partial charge in [-0.2, -0.15) is 0 Å². The van der Waals surface area contributed by atoms with Crippen LogP contribution >= 0.6 is 0 Å². The normalized spacial score (nSPS) is 21.0. The fourth-order valence-corrected chi connectivity index (χ4v) is 2.84. The van der Waals surface area contributed by atoms with Crippen molar-refractivity contribution in [3.63, 3.8) is 0 Å². The van der Waals surface area contributed by atoms with Crippen molar-refractivity contribution >= 4 is 18.2 Å². The maximum absolute atomic E-state index is 12.6. The van der Waals surface area contributed by atoms with Gasteiger partial charge in [-0.1, -0.05) is 0 Å². The zero-order valence-electron chi connectivity index (χ0n) is 17.9. The van der Waals surface area contributed by atoms with Crippen molar-refractivity contribution in [1.29, 1.82) is 0 Å². The van der Waals surface area contributed by atoms with E-state index in [1.54, 1.807) is 41.5 Å². The van der Waals surface area contributed by atoms with Crippen molar-refractivity contribution in [2.75, 3.05) is 20.2 Å². The summed E-state index contributed by atoms with van der Waals surface area (Å²) in [5.74, 6) is -1.58. The van der Waals surface area contributed by atoms with Gasteiger partial charge >= 0.3 is 18.2 Å². The highest BCUT2D eigenvalue weighted by Crippen LogP contribution is 2.25. The number of methoxy groups -OCH3 is 1. The Bertz CT molecular complexity index is 538. The van der Waals surface area contributed by atoms with E-state index < -0.39 is 41.5 Å². The Hall–Kier alpha value is -1.87. The zero-order chi connectivity index (χ0) is 21.7. The Morgan fingerprint density at radius 1 is 1.07 bits per heavy atom. The number of ether oxygens (including phenoxy) is 3. The molecule has 0 aromatic rings. The molecule has 1 saturated heterocycles. The maximum Gasteiger partial charge on any atom is 0.419 e. The third-order valence-corrected chi connectivity index (χ3v) is 4.07. The molecule has 9 nitrogen and oxygen atoms in total. The lowest BCUT2D eigenvalue weighted by Crippen LogP contribution is -2.47. The molecule has 0 aliphatic carbocycles. The minimum atomic E-state index is -0.902. The van der Waals surface area contributed by atoms with E-state index in [1.807, 2.05) is 0 Å². The van der Waals surface area contributed by atoms with Crippen LogP contribution in [0.15, 0.2) is 0 Å². The topological polar surface area (TPSA) is 114 Å². The van der Waals surface area contributed by atoms with Crippen molar-refractivity contribution in [3.05, 3.63) is 0 Å². The summed E-state index contributed by atoms with van der Waals surface area (Å²) in [6.07, 6.45) is -1.62. The average molecular weight is 402 g/mol. The first-order valence-corrected chi connectivity index (χ1v) is 9.46. The molecule has 9 heteroatoms. The van der Waals surface area contributed by atoms with Crippen LogP contribution in [-0.2, 0) is 19.0 Å². The molecule has 1 fully saturated rings. The lowest BCUT2D eigenvalue weighted by Gasteiger charge is -2.31. The van der Waals surface area contributed by atoms with E-state index in [0.29, 0.717) is 13.0 Å². The van der Waals surface area contributed by atoms with Crippen LogP contribution in [-0.4, -0.2) is 65.8 Å². The number of nitrogens with one attached hydrogen (secondary N) is 1. The summed E-state index contributed by atoms with van der Waals surface area (Å²) in [4.78, 5) is 38.3. The van der Waals surface area contributed by atoms with Crippen molar-refractivity contribution in [2.24, 2.45) is 11.8 Å². The highest BCUT2D eigenvalue weighted by atomic mass is 16.6. The molecule has 0 aromatic carbocycles. The molecule has 0 aromatic heterocycles. The summed E-state index contributed by atoms with van der Waals surface area (Å²) < 4.78 is 15.5. The average Bonchev–Trinajstić information content (AvgIpc) is 2.91. The summed E-state index contributed by atoms with van der Waals surface area (Å²) in [6.45, 7) is 10.4. The molecule has 3 atom stereocenters. The number of hydrogen-bond donors (Lipinski definition) is 2. The molecule has 1 heterocycles. The minimum Gasteiger partial charge on any atom is -0.469 e. The highest BCUT2D eigenvalue weighted by molar-refractivity contribution is 5.89. The van der Waals surface area contributed by atoms with E-state index in [0.717, 1.165) is 4.90 Å². The van der Waals surface area contributed by atoms with Crippen LogP contribution in [0.3, 0.4) is 0 Å². The Kier molecular flexibility index (Phi) is 8.25. The molecule has 1 aliphatic rings. The van der Waals surface area contributed by atoms with Gasteiger partial charge in [0.05, 0.1) is 13.0 Å². The maximum atomic E-state index is 12.6. The summed E-state index contributed by atoms with van der Waals surface area (Å²) >= 11 is 0. The van der Waals surface area contributed by atoms with Gasteiger partial charge in [-0.15, -0.1) is 0 Å². The van der Waals surface area contributed by atoms with Gasteiger partial charge in [0, 0.05) is 12.5 Å². The summed E-state index contributed by atoms with van der Waals surface area (Å²) in [5, 5.41) is 12.9. The summed E-state index contributed by atoms with van der Waals surface area (Å²) in [5.41, 5.74) is -1.66. The van der Waals surface area contributed by atoms with Gasteiger partial charge < -0.3 is 19.3 Å². The number of carbonyl (C=O) groups excluding carboxylic acids is 3. The quantitative estimate of drug-likeness (QED) is 0.532. The van der Waals surface area contributed by atoms with E-state index in [1.165, 1.54) is 7.11 Å². The van der Waals surface area contributed by atoms with Crippen LogP contribution in [0.1, 0.15) is 54.4 Å². The lowest BCUT2D eigenvalue weighted by molar-refractivity contribution is -0.146. The minimum absolute atomic E-state index is 0.191. The van der Waals surface area contributed by atoms with Gasteiger partial charge in [-0.3, -0.25) is 10.1 Å². The highest BCUT2D eigenvalue weighted by Gasteiger charge is 2.37. The Morgan fingerprint density at radius 2 is 1.57 bits per heavy atom. The smallest absolute Gasteiger partial charge is 0.419 e. The number of imide groups is 1. The predicted molar refractivity (Wildman–Crippen MR) is 101 cm³/mol. The molecule has 28 heavy (non-hydrogen) atoms. The van der Waals surface area contributed by atoms with E-state index >= 15 is 0 Å². The predicted octanol–water partition coefficient (Wildman–Crippen LogP) is 2.27. The largest absolute Gasteiger partial charge is 0.469 e. The number of nitrogens with zero attached hydrogens (tertiary/aromatic N) is 1. The van der Waals surface area contributed by atoms with Crippen molar-refractivity contribution in [1.82, 2.24) is 10.2 Å². The first-order valence-electron chi connectivity index (χ1n) is 9.46. The van der Waals surface area contributed by atoms with Crippen LogP contribution in [0, 0.1) is 11.8 Å². The molecule has 0 spiro atoms. The van der Waals surface area contributed by atoms with Crippen LogP contribution < -0.4 is 5.32 Å². The molecule has 2 N–H and O–H groups in total. The second kappa shape index (κ2) is 9.56. The zero-order valence-corrected chi connectivity index (χ0v) is 17.9. The second-order valence-corrected chi connectivity index (χ2v) is 8.97. The number of aliphatic hydroxyl groups is 1. The summed E-state index contributed by atoms with van der Waals surface area (Å²) in [7, 11) is 1.24. The van der Waals surface area contributed by atoms with Gasteiger partial charge in [-0.05, 0) is 60.9 Å². The first-order chi connectivity index (χ1) is 12.7. The molecular weight excluding hydrogens is 368 g/mol. The van der Waals surface area contributed by atoms with Gasteiger partial charge in [0.2, 0.25) is 0 Å². The number of esters is 1. The van der Waals surface area contributed by atoms with Crippen LogP contribution in [0.4, 0.5) is 9.59 Å². The van der Waals surface area contributed by atoms with Gasteiger partial charge in [0.1, 0.15) is 17.4 Å². The lowest BCUT2D eigenvalue weighted by atomic mass is 9.92. The molecule has 0 unspecified atom stereocenters. The Morgan fingerprint density at radius 3 is 1.93 bits per heavy atom. The SMILES string of the molecule is COC(=O)[C@@H](C[C@H]1CCN[C@H]1O)CN(C(=O)OC(C)(C)C)C(=O)OC(C)(C)C. The van der Waals surface area contributed by atoms with E-state index in [4.69, 9.17) is 14.2 Å². The van der Waals surface area contributed by atoms with Gasteiger partial charge in [0.15, 0.2) is 0 Å². The third kappa shape index (κ3) is 8.02. The number of carbonyl (C=O) groups is 3. The fraction of sp³-hybridized carbons (Fsp3) is 0.842. The standard InChI is InChI=1S/C19H34N2O7/c1-18(2,3)27-16(24)21(17(25)28-19(4,5)6)11-13(15(23)26-7)10-12-8-9-20-14(12)22/h12-14,20,22H,8-11H2,1-7H3/t12-,13+,14+/m1/s1. The van der Waals surface area contributed by atoms with E-state index in [2.05, 4.69) is 5.32 Å². The third-order valence-electron chi connectivity index (χ3n) is 4.07. The molecular formula is C19H34N2O7. The van der Waals surface area contributed by atoms with Crippen molar-refractivity contribution < 1.29 is 33.7 Å². The number of aliphatic hydroxyl groups excluding tert-OH is 1. The van der Waals surface area contributed by atoms with Crippen molar-refractivity contribution in [2.45, 2.75) is 71.8 Å². The van der Waals surface area contributed by atoms with Crippen molar-refractivity contribution in [3.8, 4) is 0 Å². The Labute approximate surface area is 166 Å². The monoisotopic (exact) mass is 402 g/mol. The molecule has 0 radical (unpaired) electrons.